The first-order valence-corrected chi connectivity index (χ1v) is 11.8. The molecule has 0 aliphatic carbocycles. The van der Waals surface area contributed by atoms with Gasteiger partial charge >= 0.3 is 0 Å². The second-order valence-corrected chi connectivity index (χ2v) is 10.1. The van der Waals surface area contributed by atoms with Gasteiger partial charge in [0, 0.05) is 4.88 Å². The minimum atomic E-state index is -3.07. The second kappa shape index (κ2) is 8.35. The molecule has 3 rings (SSSR count). The van der Waals surface area contributed by atoms with Crippen LogP contribution in [0.15, 0.2) is 41.8 Å². The Kier molecular flexibility index (Phi) is 6.14. The number of aryl methyl sites for hydroxylation is 1. The molecule has 0 radical (unpaired) electrons. The van der Waals surface area contributed by atoms with Gasteiger partial charge in [-0.25, -0.2) is 8.42 Å². The van der Waals surface area contributed by atoms with E-state index in [1.165, 1.54) is 18.4 Å². The molecule has 1 amide bonds. The van der Waals surface area contributed by atoms with E-state index < -0.39 is 15.8 Å². The summed E-state index contributed by atoms with van der Waals surface area (Å²) in [5.41, 5.74) is 2.33. The lowest BCUT2D eigenvalue weighted by Gasteiger charge is -2.20. The zero-order valence-electron chi connectivity index (χ0n) is 15.0. The molecule has 26 heavy (non-hydrogen) atoms. The van der Waals surface area contributed by atoms with E-state index in [1.807, 2.05) is 17.5 Å². The standard InChI is InChI=1S/C20H25NO3S2/c1-2-3-5-15-7-9-16(10-8-15)19(18-6-4-12-25-18)21-20(22)17-11-13-26(23,24)14-17/h4,6-10,12,17,19H,2-3,5,11,13-14H2,1H3,(H,21,22)/t17-,19+/m1/s1. The summed E-state index contributed by atoms with van der Waals surface area (Å²) in [5.74, 6) is -0.529. The number of benzene rings is 1. The van der Waals surface area contributed by atoms with Crippen LogP contribution in [0.3, 0.4) is 0 Å². The molecule has 0 unspecified atom stereocenters. The zero-order valence-corrected chi connectivity index (χ0v) is 16.6. The molecule has 1 N–H and O–H groups in total. The molecular weight excluding hydrogens is 366 g/mol. The van der Waals surface area contributed by atoms with Crippen LogP contribution in [-0.2, 0) is 21.1 Å². The summed E-state index contributed by atoms with van der Waals surface area (Å²) in [7, 11) is -3.07. The number of sulfone groups is 1. The Balaban J connectivity index is 1.77. The molecule has 1 fully saturated rings. The van der Waals surface area contributed by atoms with Crippen LogP contribution in [0.5, 0.6) is 0 Å². The van der Waals surface area contributed by atoms with Gasteiger partial charge in [-0.15, -0.1) is 11.3 Å². The van der Waals surface area contributed by atoms with E-state index in [4.69, 9.17) is 0 Å². The third kappa shape index (κ3) is 4.74. The van der Waals surface area contributed by atoms with E-state index in [0.29, 0.717) is 6.42 Å². The summed E-state index contributed by atoms with van der Waals surface area (Å²) in [6.07, 6.45) is 3.81. The third-order valence-electron chi connectivity index (χ3n) is 4.85. The van der Waals surface area contributed by atoms with E-state index in [-0.39, 0.29) is 23.5 Å². The average molecular weight is 392 g/mol. The SMILES string of the molecule is CCCCc1ccc([C@H](NC(=O)[C@@H]2CCS(=O)(=O)C2)c2cccs2)cc1. The van der Waals surface area contributed by atoms with Crippen molar-refractivity contribution in [1.29, 1.82) is 0 Å². The average Bonchev–Trinajstić information content (AvgIpc) is 3.28. The van der Waals surface area contributed by atoms with Crippen molar-refractivity contribution in [1.82, 2.24) is 5.32 Å². The fourth-order valence-electron chi connectivity index (χ4n) is 3.29. The number of hydrogen-bond acceptors (Lipinski definition) is 4. The normalized spacial score (nSPS) is 20.0. The predicted molar refractivity (Wildman–Crippen MR) is 106 cm³/mol. The monoisotopic (exact) mass is 391 g/mol. The van der Waals surface area contributed by atoms with E-state index in [9.17, 15) is 13.2 Å². The van der Waals surface area contributed by atoms with Crippen molar-refractivity contribution in [2.45, 2.75) is 38.6 Å². The van der Waals surface area contributed by atoms with Crippen LogP contribution in [0, 0.1) is 5.92 Å². The molecule has 2 aromatic rings. The highest BCUT2D eigenvalue weighted by Crippen LogP contribution is 2.28. The van der Waals surface area contributed by atoms with Crippen molar-refractivity contribution in [3.63, 3.8) is 0 Å². The van der Waals surface area contributed by atoms with Gasteiger partial charge in [0.2, 0.25) is 5.91 Å². The highest BCUT2D eigenvalue weighted by molar-refractivity contribution is 7.91. The number of carbonyl (C=O) groups is 1. The lowest BCUT2D eigenvalue weighted by Crippen LogP contribution is -2.34. The van der Waals surface area contributed by atoms with Crippen LogP contribution in [0.1, 0.15) is 48.2 Å². The molecule has 1 aliphatic heterocycles. The van der Waals surface area contributed by atoms with Crippen LogP contribution in [0.4, 0.5) is 0 Å². The summed E-state index contributed by atoms with van der Waals surface area (Å²) in [5, 5.41) is 5.08. The van der Waals surface area contributed by atoms with E-state index in [0.717, 1.165) is 16.9 Å². The van der Waals surface area contributed by atoms with Gasteiger partial charge in [-0.1, -0.05) is 43.7 Å². The number of nitrogens with one attached hydrogen (secondary N) is 1. The van der Waals surface area contributed by atoms with E-state index >= 15 is 0 Å². The molecule has 4 nitrogen and oxygen atoms in total. The van der Waals surface area contributed by atoms with Crippen LogP contribution >= 0.6 is 11.3 Å². The Morgan fingerprint density at radius 1 is 1.27 bits per heavy atom. The maximum Gasteiger partial charge on any atom is 0.224 e. The van der Waals surface area contributed by atoms with Gasteiger partial charge in [-0.2, -0.15) is 0 Å². The van der Waals surface area contributed by atoms with Crippen molar-refractivity contribution in [2.75, 3.05) is 11.5 Å². The molecule has 6 heteroatoms. The number of rotatable bonds is 7. The predicted octanol–water partition coefficient (Wildman–Crippen LogP) is 3.73. The smallest absolute Gasteiger partial charge is 0.224 e. The minimum absolute atomic E-state index is 0.0358. The summed E-state index contributed by atoms with van der Waals surface area (Å²) in [6, 6.07) is 12.1. The van der Waals surface area contributed by atoms with Gasteiger partial charge in [0.15, 0.2) is 9.84 Å². The summed E-state index contributed by atoms with van der Waals surface area (Å²) < 4.78 is 23.4. The van der Waals surface area contributed by atoms with Crippen molar-refractivity contribution >= 4 is 27.1 Å². The van der Waals surface area contributed by atoms with Gasteiger partial charge in [0.1, 0.15) is 0 Å². The summed E-state index contributed by atoms with van der Waals surface area (Å²) in [4.78, 5) is 13.7. The lowest BCUT2D eigenvalue weighted by atomic mass is 10.00. The van der Waals surface area contributed by atoms with Crippen molar-refractivity contribution < 1.29 is 13.2 Å². The topological polar surface area (TPSA) is 63.2 Å². The molecule has 0 bridgehead atoms. The molecule has 1 aliphatic rings. The Bertz CT molecular complexity index is 826. The second-order valence-electron chi connectivity index (χ2n) is 6.90. The van der Waals surface area contributed by atoms with Gasteiger partial charge in [0.05, 0.1) is 23.5 Å². The van der Waals surface area contributed by atoms with Crippen molar-refractivity contribution in [3.8, 4) is 0 Å². The Hall–Kier alpha value is -1.66. The van der Waals surface area contributed by atoms with Gasteiger partial charge in [0.25, 0.3) is 0 Å². The van der Waals surface area contributed by atoms with E-state index in [1.54, 1.807) is 11.3 Å². The maximum atomic E-state index is 12.6. The van der Waals surface area contributed by atoms with Gasteiger partial charge < -0.3 is 5.32 Å². The van der Waals surface area contributed by atoms with E-state index in [2.05, 4.69) is 36.5 Å². The fourth-order valence-corrected chi connectivity index (χ4v) is 5.84. The number of thiophene rings is 1. The third-order valence-corrected chi connectivity index (χ3v) is 7.55. The molecule has 0 saturated carbocycles. The number of unbranched alkanes of at least 4 members (excludes halogenated alkanes) is 1. The minimum Gasteiger partial charge on any atom is -0.344 e. The van der Waals surface area contributed by atoms with Gasteiger partial charge in [-0.3, -0.25) is 4.79 Å². The Labute approximate surface area is 159 Å². The first-order valence-electron chi connectivity index (χ1n) is 9.11. The molecular formula is C20H25NO3S2. The highest BCUT2D eigenvalue weighted by Gasteiger charge is 2.34. The Morgan fingerprint density at radius 2 is 2.04 bits per heavy atom. The maximum absolute atomic E-state index is 12.6. The molecule has 1 aromatic carbocycles. The first kappa shape index (κ1) is 19.1. The number of amides is 1. The quantitative estimate of drug-likeness (QED) is 0.782. The largest absolute Gasteiger partial charge is 0.344 e. The first-order chi connectivity index (χ1) is 12.5. The van der Waals surface area contributed by atoms with Crippen molar-refractivity contribution in [2.24, 2.45) is 5.92 Å². The molecule has 1 aromatic heterocycles. The molecule has 140 valence electrons. The van der Waals surface area contributed by atoms with Crippen LogP contribution in [0.2, 0.25) is 0 Å². The van der Waals surface area contributed by atoms with Crippen LogP contribution in [0.25, 0.3) is 0 Å². The number of carbonyl (C=O) groups excluding carboxylic acids is 1. The fraction of sp³-hybridized carbons (Fsp3) is 0.450. The highest BCUT2D eigenvalue weighted by atomic mass is 32.2. The summed E-state index contributed by atoms with van der Waals surface area (Å²) in [6.45, 7) is 2.18. The van der Waals surface area contributed by atoms with Crippen molar-refractivity contribution in [3.05, 3.63) is 57.8 Å². The molecule has 2 atom stereocenters. The Morgan fingerprint density at radius 3 is 2.62 bits per heavy atom. The lowest BCUT2D eigenvalue weighted by molar-refractivity contribution is -0.124. The molecule has 0 spiro atoms. The van der Waals surface area contributed by atoms with Gasteiger partial charge in [-0.05, 0) is 41.8 Å². The zero-order chi connectivity index (χ0) is 18.6. The molecule has 1 saturated heterocycles. The van der Waals surface area contributed by atoms with Crippen LogP contribution in [-0.4, -0.2) is 25.8 Å². The molecule has 2 heterocycles. The number of hydrogen-bond donors (Lipinski definition) is 1. The van der Waals surface area contributed by atoms with Crippen LogP contribution < -0.4 is 5.32 Å². The summed E-state index contributed by atoms with van der Waals surface area (Å²) >= 11 is 1.60.